The summed E-state index contributed by atoms with van der Waals surface area (Å²) in [4.78, 5) is 13.4. The molecule has 5 nitrogen and oxygen atoms in total. The molecule has 3 rings (SSSR count). The molecular weight excluding hydrogens is 270 g/mol. The predicted octanol–water partition coefficient (Wildman–Crippen LogP) is 1.86. The van der Waals surface area contributed by atoms with Crippen molar-refractivity contribution in [3.63, 3.8) is 0 Å². The first-order chi connectivity index (χ1) is 10.2. The number of rotatable bonds is 3. The lowest BCUT2D eigenvalue weighted by Crippen LogP contribution is -2.47. The largest absolute Gasteiger partial charge is 0.497 e. The van der Waals surface area contributed by atoms with Gasteiger partial charge in [0.25, 0.3) is 0 Å². The molecule has 0 aromatic heterocycles. The molecule has 1 heterocycles. The fourth-order valence-corrected chi connectivity index (χ4v) is 3.37. The molecule has 0 saturated carbocycles. The summed E-state index contributed by atoms with van der Waals surface area (Å²) >= 11 is 0. The quantitative estimate of drug-likeness (QED) is 0.921. The molecule has 1 aliphatic heterocycles. The maximum Gasteiger partial charge on any atom is 0.334 e. The van der Waals surface area contributed by atoms with Gasteiger partial charge in [0.15, 0.2) is 6.10 Å². The minimum absolute atomic E-state index is 0.297. The van der Waals surface area contributed by atoms with Crippen molar-refractivity contribution in [1.82, 2.24) is 4.90 Å². The Bertz CT molecular complexity index is 531. The summed E-state index contributed by atoms with van der Waals surface area (Å²) in [6, 6.07) is 6.52. The minimum Gasteiger partial charge on any atom is -0.497 e. The fraction of sp³-hybridized carbons (Fsp3) is 0.562. The summed E-state index contributed by atoms with van der Waals surface area (Å²) in [6.45, 7) is 1.74. The van der Waals surface area contributed by atoms with Crippen molar-refractivity contribution < 1.29 is 19.4 Å². The zero-order valence-electron chi connectivity index (χ0n) is 12.2. The number of aliphatic carboxylic acids is 1. The summed E-state index contributed by atoms with van der Waals surface area (Å²) in [5.74, 6) is 0.0188. The monoisotopic (exact) mass is 291 g/mol. The lowest BCUT2D eigenvalue weighted by atomic mass is 9.86. The normalized spacial score (nSPS) is 26.1. The van der Waals surface area contributed by atoms with Crippen molar-refractivity contribution in [2.75, 3.05) is 26.8 Å². The van der Waals surface area contributed by atoms with Crippen molar-refractivity contribution in [3.8, 4) is 5.75 Å². The second-order valence-electron chi connectivity index (χ2n) is 5.67. The Labute approximate surface area is 124 Å². The Morgan fingerprint density at radius 1 is 1.48 bits per heavy atom. The fourth-order valence-electron chi connectivity index (χ4n) is 3.37. The third-order valence-corrected chi connectivity index (χ3v) is 4.45. The van der Waals surface area contributed by atoms with Crippen LogP contribution in [0.5, 0.6) is 5.75 Å². The zero-order chi connectivity index (χ0) is 14.8. The van der Waals surface area contributed by atoms with Crippen LogP contribution in [0.25, 0.3) is 0 Å². The van der Waals surface area contributed by atoms with Crippen LogP contribution in [0, 0.1) is 0 Å². The highest BCUT2D eigenvalue weighted by Crippen LogP contribution is 2.36. The van der Waals surface area contributed by atoms with Gasteiger partial charge in [-0.2, -0.15) is 0 Å². The van der Waals surface area contributed by atoms with Crippen molar-refractivity contribution in [1.29, 1.82) is 0 Å². The topological polar surface area (TPSA) is 59.0 Å². The number of methoxy groups -OCH3 is 1. The summed E-state index contributed by atoms with van der Waals surface area (Å²) in [5, 5.41) is 9.15. The Morgan fingerprint density at radius 2 is 2.33 bits per heavy atom. The highest BCUT2D eigenvalue weighted by Gasteiger charge is 2.33. The van der Waals surface area contributed by atoms with Gasteiger partial charge in [-0.25, -0.2) is 4.79 Å². The molecule has 0 radical (unpaired) electrons. The molecule has 1 fully saturated rings. The number of benzene rings is 1. The first kappa shape index (κ1) is 14.4. The van der Waals surface area contributed by atoms with Crippen LogP contribution in [0.3, 0.4) is 0 Å². The van der Waals surface area contributed by atoms with Gasteiger partial charge in [-0.1, -0.05) is 6.07 Å². The van der Waals surface area contributed by atoms with Crippen LogP contribution < -0.4 is 4.74 Å². The minimum atomic E-state index is -0.870. The van der Waals surface area contributed by atoms with E-state index in [9.17, 15) is 4.79 Å². The Hall–Kier alpha value is -1.59. The first-order valence-electron chi connectivity index (χ1n) is 7.44. The average molecular weight is 291 g/mol. The maximum absolute atomic E-state index is 11.1. The molecule has 114 valence electrons. The molecule has 0 spiro atoms. The van der Waals surface area contributed by atoms with E-state index in [4.69, 9.17) is 14.6 Å². The smallest absolute Gasteiger partial charge is 0.334 e. The predicted molar refractivity (Wildman–Crippen MR) is 77.6 cm³/mol. The summed E-state index contributed by atoms with van der Waals surface area (Å²) < 4.78 is 10.6. The number of hydrogen-bond acceptors (Lipinski definition) is 4. The van der Waals surface area contributed by atoms with E-state index in [0.717, 1.165) is 31.6 Å². The molecule has 21 heavy (non-hydrogen) atoms. The van der Waals surface area contributed by atoms with E-state index >= 15 is 0 Å². The van der Waals surface area contributed by atoms with E-state index in [1.807, 2.05) is 6.07 Å². The van der Waals surface area contributed by atoms with Crippen LogP contribution in [0.2, 0.25) is 0 Å². The lowest BCUT2D eigenvalue weighted by Gasteiger charge is -2.39. The van der Waals surface area contributed by atoms with E-state index in [2.05, 4.69) is 17.0 Å². The summed E-state index contributed by atoms with van der Waals surface area (Å²) in [7, 11) is 1.68. The van der Waals surface area contributed by atoms with Crippen LogP contribution >= 0.6 is 0 Å². The van der Waals surface area contributed by atoms with Crippen molar-refractivity contribution in [2.45, 2.75) is 31.4 Å². The van der Waals surface area contributed by atoms with Crippen molar-refractivity contribution >= 4 is 5.97 Å². The molecule has 1 N–H and O–H groups in total. The van der Waals surface area contributed by atoms with Gasteiger partial charge in [0.2, 0.25) is 0 Å². The van der Waals surface area contributed by atoms with Crippen LogP contribution in [-0.2, 0) is 16.0 Å². The highest BCUT2D eigenvalue weighted by molar-refractivity contribution is 5.72. The van der Waals surface area contributed by atoms with E-state index < -0.39 is 12.1 Å². The van der Waals surface area contributed by atoms with Crippen LogP contribution in [-0.4, -0.2) is 48.9 Å². The molecular formula is C16H21NO4. The third kappa shape index (κ3) is 2.89. The van der Waals surface area contributed by atoms with E-state index in [1.165, 1.54) is 11.1 Å². The lowest BCUT2D eigenvalue weighted by molar-refractivity contribution is -0.157. The van der Waals surface area contributed by atoms with Gasteiger partial charge in [-0.15, -0.1) is 0 Å². The van der Waals surface area contributed by atoms with Gasteiger partial charge in [0.1, 0.15) is 5.75 Å². The van der Waals surface area contributed by atoms with E-state index in [-0.39, 0.29) is 0 Å². The average Bonchev–Trinajstić information content (AvgIpc) is 2.53. The number of carboxylic acids is 1. The van der Waals surface area contributed by atoms with Gasteiger partial charge < -0.3 is 14.6 Å². The summed E-state index contributed by atoms with van der Waals surface area (Å²) in [6.07, 6.45) is 2.56. The standard InChI is InChI=1S/C16H21NO4/c1-20-12-5-6-13-11(9-12)3-2-4-14(13)17-7-8-21-15(10-17)16(18)19/h5-6,9,14-15H,2-4,7-8,10H2,1H3,(H,18,19). The second kappa shape index (κ2) is 6.03. The Kier molecular flexibility index (Phi) is 4.12. The highest BCUT2D eigenvalue weighted by atomic mass is 16.5. The molecule has 2 atom stereocenters. The van der Waals surface area contributed by atoms with Gasteiger partial charge in [-0.05, 0) is 42.5 Å². The molecule has 2 unspecified atom stereocenters. The molecule has 1 aliphatic carbocycles. The first-order valence-corrected chi connectivity index (χ1v) is 7.44. The van der Waals surface area contributed by atoms with Crippen LogP contribution in [0.1, 0.15) is 30.0 Å². The summed E-state index contributed by atoms with van der Waals surface area (Å²) in [5.41, 5.74) is 2.64. The number of nitrogens with zero attached hydrogens (tertiary/aromatic N) is 1. The second-order valence-corrected chi connectivity index (χ2v) is 5.67. The molecule has 1 aromatic rings. The number of carboxylic acid groups (broad SMARTS) is 1. The third-order valence-electron chi connectivity index (χ3n) is 4.45. The van der Waals surface area contributed by atoms with E-state index in [0.29, 0.717) is 19.2 Å². The SMILES string of the molecule is COc1ccc2c(c1)CCCC2N1CCOC(C(=O)O)C1. The van der Waals surface area contributed by atoms with Gasteiger partial charge in [0, 0.05) is 19.1 Å². The van der Waals surface area contributed by atoms with Gasteiger partial charge in [-0.3, -0.25) is 4.90 Å². The molecule has 1 aromatic carbocycles. The molecule has 5 heteroatoms. The maximum atomic E-state index is 11.1. The van der Waals surface area contributed by atoms with Gasteiger partial charge in [0.05, 0.1) is 13.7 Å². The number of fused-ring (bicyclic) bond motifs is 1. The van der Waals surface area contributed by atoms with Crippen LogP contribution in [0.4, 0.5) is 0 Å². The van der Waals surface area contributed by atoms with Crippen LogP contribution in [0.15, 0.2) is 18.2 Å². The Balaban J connectivity index is 1.82. The van der Waals surface area contributed by atoms with Crippen molar-refractivity contribution in [3.05, 3.63) is 29.3 Å². The number of aryl methyl sites for hydroxylation is 1. The molecule has 0 bridgehead atoms. The zero-order valence-corrected chi connectivity index (χ0v) is 12.2. The number of hydrogen-bond donors (Lipinski definition) is 1. The molecule has 2 aliphatic rings. The number of morpholine rings is 1. The number of carbonyl (C=O) groups is 1. The van der Waals surface area contributed by atoms with Gasteiger partial charge >= 0.3 is 5.97 Å². The molecule has 1 saturated heterocycles. The Morgan fingerprint density at radius 3 is 3.10 bits per heavy atom. The van der Waals surface area contributed by atoms with Crippen molar-refractivity contribution in [2.24, 2.45) is 0 Å². The van der Waals surface area contributed by atoms with E-state index in [1.54, 1.807) is 7.11 Å². The molecule has 0 amide bonds. The number of ether oxygens (including phenoxy) is 2.